The van der Waals surface area contributed by atoms with Crippen LogP contribution in [0.3, 0.4) is 0 Å². The van der Waals surface area contributed by atoms with Gasteiger partial charge in [0.25, 0.3) is 0 Å². The van der Waals surface area contributed by atoms with Gasteiger partial charge in [0, 0.05) is 26.1 Å². The second kappa shape index (κ2) is 8.83. The maximum absolute atomic E-state index is 14.9. The Labute approximate surface area is 174 Å². The molecule has 1 aliphatic heterocycles. The molecule has 0 bridgehead atoms. The van der Waals surface area contributed by atoms with Crippen molar-refractivity contribution in [3.63, 3.8) is 0 Å². The summed E-state index contributed by atoms with van der Waals surface area (Å²) in [5.74, 6) is 0.320. The lowest BCUT2D eigenvalue weighted by atomic mass is 9.83. The first-order chi connectivity index (χ1) is 14.0. The molecule has 0 unspecified atom stereocenters. The first-order valence-corrected chi connectivity index (χ1v) is 11.2. The van der Waals surface area contributed by atoms with E-state index in [0.717, 1.165) is 31.1 Å². The van der Waals surface area contributed by atoms with Gasteiger partial charge >= 0.3 is 0 Å². The summed E-state index contributed by atoms with van der Waals surface area (Å²) in [5, 5.41) is 3.71. The van der Waals surface area contributed by atoms with E-state index in [-0.39, 0.29) is 23.9 Å². The highest BCUT2D eigenvalue weighted by molar-refractivity contribution is 7.22. The maximum atomic E-state index is 14.9. The first-order valence-electron chi connectivity index (χ1n) is 10.3. The minimum Gasteiger partial charge on any atom is -0.490 e. The van der Waals surface area contributed by atoms with Crippen molar-refractivity contribution in [1.82, 2.24) is 10.3 Å². The van der Waals surface area contributed by atoms with Gasteiger partial charge in [0.15, 0.2) is 16.7 Å². The zero-order valence-corrected chi connectivity index (χ0v) is 17.8. The molecule has 0 spiro atoms. The number of carbonyl (C=O) groups is 1. The fourth-order valence-corrected chi connectivity index (χ4v) is 4.96. The molecule has 1 aliphatic carbocycles. The molecular weight excluding hydrogens is 393 g/mol. The van der Waals surface area contributed by atoms with E-state index in [1.54, 1.807) is 6.07 Å². The first kappa shape index (κ1) is 20.3. The van der Waals surface area contributed by atoms with Crippen molar-refractivity contribution < 1.29 is 18.7 Å². The van der Waals surface area contributed by atoms with E-state index < -0.39 is 0 Å². The SMILES string of the molecule is CC(=O)N[C@@H](C)COC1CC(COc2ccc3nc(N4CCCC4)sc3c2F)C1. The van der Waals surface area contributed by atoms with Crippen molar-refractivity contribution in [1.29, 1.82) is 0 Å². The van der Waals surface area contributed by atoms with E-state index in [0.29, 0.717) is 35.1 Å². The largest absolute Gasteiger partial charge is 0.490 e. The Balaban J connectivity index is 1.26. The molecule has 2 aliphatic rings. The number of anilines is 1. The second-order valence-electron chi connectivity index (χ2n) is 8.12. The predicted octanol–water partition coefficient (Wildman–Crippen LogP) is 3.73. The number of amides is 1. The molecule has 0 radical (unpaired) electrons. The summed E-state index contributed by atoms with van der Waals surface area (Å²) >= 11 is 1.41. The monoisotopic (exact) mass is 421 g/mol. The van der Waals surface area contributed by atoms with Crippen molar-refractivity contribution >= 4 is 32.6 Å². The standard InChI is InChI=1S/C21H28FN3O3S/c1-13(23-14(2)26)11-27-16-9-15(10-16)12-28-18-6-5-17-20(19(18)22)29-21(24-17)25-7-3-4-8-25/h5-6,13,15-16H,3-4,7-12H2,1-2H3,(H,23,26)/t13-,15?,16?/m0/s1. The Hall–Kier alpha value is -1.93. The number of halogens is 1. The van der Waals surface area contributed by atoms with Crippen LogP contribution in [0.15, 0.2) is 12.1 Å². The highest BCUT2D eigenvalue weighted by atomic mass is 32.1. The van der Waals surface area contributed by atoms with Crippen LogP contribution >= 0.6 is 11.3 Å². The van der Waals surface area contributed by atoms with E-state index in [9.17, 15) is 9.18 Å². The van der Waals surface area contributed by atoms with Crippen LogP contribution in [0.2, 0.25) is 0 Å². The van der Waals surface area contributed by atoms with Gasteiger partial charge in [0.1, 0.15) is 0 Å². The number of hydrogen-bond donors (Lipinski definition) is 1. The number of aromatic nitrogens is 1. The maximum Gasteiger partial charge on any atom is 0.217 e. The van der Waals surface area contributed by atoms with Crippen LogP contribution < -0.4 is 15.0 Å². The molecule has 29 heavy (non-hydrogen) atoms. The Morgan fingerprint density at radius 3 is 2.86 bits per heavy atom. The van der Waals surface area contributed by atoms with Crippen LogP contribution in [0.25, 0.3) is 10.2 Å². The Morgan fingerprint density at radius 2 is 2.14 bits per heavy atom. The van der Waals surface area contributed by atoms with Crippen LogP contribution in [0.5, 0.6) is 5.75 Å². The number of fused-ring (bicyclic) bond motifs is 1. The van der Waals surface area contributed by atoms with Gasteiger partial charge in [-0.25, -0.2) is 9.37 Å². The molecule has 1 atom stereocenters. The number of benzene rings is 1. The summed E-state index contributed by atoms with van der Waals surface area (Å²) in [7, 11) is 0. The lowest BCUT2D eigenvalue weighted by Gasteiger charge is -2.35. The number of hydrogen-bond acceptors (Lipinski definition) is 6. The van der Waals surface area contributed by atoms with Gasteiger partial charge in [-0.15, -0.1) is 0 Å². The molecule has 1 saturated heterocycles. The molecule has 1 aromatic heterocycles. The molecule has 158 valence electrons. The average molecular weight is 422 g/mol. The highest BCUT2D eigenvalue weighted by Gasteiger charge is 2.31. The molecule has 2 fully saturated rings. The average Bonchev–Trinajstić information content (AvgIpc) is 3.30. The molecular formula is C21H28FN3O3S. The van der Waals surface area contributed by atoms with Crippen molar-refractivity contribution in [3.8, 4) is 5.75 Å². The normalized spacial score (nSPS) is 22.5. The molecule has 1 saturated carbocycles. The molecule has 1 amide bonds. The second-order valence-corrected chi connectivity index (χ2v) is 9.10. The summed E-state index contributed by atoms with van der Waals surface area (Å²) in [6.45, 7) is 6.42. The zero-order chi connectivity index (χ0) is 20.4. The third-order valence-electron chi connectivity index (χ3n) is 5.53. The number of nitrogens with one attached hydrogen (secondary N) is 1. The van der Waals surface area contributed by atoms with Crippen LogP contribution in [-0.4, -0.2) is 49.3 Å². The number of rotatable bonds is 8. The molecule has 8 heteroatoms. The van der Waals surface area contributed by atoms with Crippen molar-refractivity contribution in [3.05, 3.63) is 17.9 Å². The summed E-state index contributed by atoms with van der Waals surface area (Å²) in [6.07, 6.45) is 4.33. The van der Waals surface area contributed by atoms with Crippen LogP contribution in [0.4, 0.5) is 9.52 Å². The summed E-state index contributed by atoms with van der Waals surface area (Å²) < 4.78 is 27.1. The molecule has 6 nitrogen and oxygen atoms in total. The number of carbonyl (C=O) groups excluding carboxylic acids is 1. The number of nitrogens with zero attached hydrogens (tertiary/aromatic N) is 2. The van der Waals surface area contributed by atoms with Crippen molar-refractivity contribution in [2.75, 3.05) is 31.2 Å². The van der Waals surface area contributed by atoms with Crippen LogP contribution in [-0.2, 0) is 9.53 Å². The molecule has 1 aromatic carbocycles. The lowest BCUT2D eigenvalue weighted by Crippen LogP contribution is -2.40. The summed E-state index contributed by atoms with van der Waals surface area (Å²) in [5.41, 5.74) is 0.701. The third-order valence-corrected chi connectivity index (χ3v) is 6.65. The van der Waals surface area contributed by atoms with Crippen molar-refractivity contribution in [2.45, 2.75) is 51.7 Å². The summed E-state index contributed by atoms with van der Waals surface area (Å²) in [6, 6.07) is 3.54. The Morgan fingerprint density at radius 1 is 1.38 bits per heavy atom. The van der Waals surface area contributed by atoms with Gasteiger partial charge in [-0.3, -0.25) is 4.79 Å². The van der Waals surface area contributed by atoms with Gasteiger partial charge in [-0.1, -0.05) is 11.3 Å². The highest BCUT2D eigenvalue weighted by Crippen LogP contribution is 2.37. The lowest BCUT2D eigenvalue weighted by molar-refractivity contribution is -0.120. The van der Waals surface area contributed by atoms with Crippen molar-refractivity contribution in [2.24, 2.45) is 5.92 Å². The van der Waals surface area contributed by atoms with Crippen LogP contribution in [0, 0.1) is 11.7 Å². The molecule has 1 N–H and O–H groups in total. The molecule has 2 aromatic rings. The minimum atomic E-state index is -0.304. The number of ether oxygens (including phenoxy) is 2. The van der Waals surface area contributed by atoms with Gasteiger partial charge in [0.05, 0.1) is 29.5 Å². The fraction of sp³-hybridized carbons (Fsp3) is 0.619. The zero-order valence-electron chi connectivity index (χ0n) is 16.9. The predicted molar refractivity (Wildman–Crippen MR) is 112 cm³/mol. The van der Waals surface area contributed by atoms with Gasteiger partial charge in [0.2, 0.25) is 5.91 Å². The fourth-order valence-electron chi connectivity index (χ4n) is 3.91. The van der Waals surface area contributed by atoms with E-state index in [2.05, 4.69) is 15.2 Å². The van der Waals surface area contributed by atoms with Gasteiger partial charge in [-0.2, -0.15) is 0 Å². The molecule has 2 heterocycles. The Bertz CT molecular complexity index is 862. The van der Waals surface area contributed by atoms with Gasteiger partial charge in [-0.05, 0) is 50.7 Å². The topological polar surface area (TPSA) is 63.7 Å². The third kappa shape index (κ3) is 4.80. The smallest absolute Gasteiger partial charge is 0.217 e. The van der Waals surface area contributed by atoms with E-state index in [4.69, 9.17) is 9.47 Å². The molecule has 4 rings (SSSR count). The van der Waals surface area contributed by atoms with E-state index in [1.165, 1.54) is 31.1 Å². The van der Waals surface area contributed by atoms with E-state index >= 15 is 0 Å². The van der Waals surface area contributed by atoms with Crippen LogP contribution in [0.1, 0.15) is 39.5 Å². The Kier molecular flexibility index (Phi) is 6.20. The quantitative estimate of drug-likeness (QED) is 0.704. The van der Waals surface area contributed by atoms with E-state index in [1.807, 2.05) is 13.0 Å². The summed E-state index contributed by atoms with van der Waals surface area (Å²) in [4.78, 5) is 17.8. The number of thiazole rings is 1. The minimum absolute atomic E-state index is 0.00785. The van der Waals surface area contributed by atoms with Gasteiger partial charge < -0.3 is 19.7 Å².